The molecule has 0 N–H and O–H groups in total. The first-order valence-corrected chi connectivity index (χ1v) is 4.09. The predicted octanol–water partition coefficient (Wildman–Crippen LogP) is 3.64. The second-order valence-electron chi connectivity index (χ2n) is 1.71. The summed E-state index contributed by atoms with van der Waals surface area (Å²) in [7, 11) is 0. The van der Waals surface area contributed by atoms with E-state index >= 15 is 0 Å². The number of hydrogen-bond acceptors (Lipinski definition) is 0. The zero-order valence-corrected chi connectivity index (χ0v) is 12.2. The fourth-order valence-electron chi connectivity index (χ4n) is 0.447. The number of nitrogens with zero attached hydrogens (tertiary/aromatic N) is 2. The van der Waals surface area contributed by atoms with Crippen molar-refractivity contribution in [1.29, 1.82) is 0 Å². The molecule has 0 unspecified atom stereocenters. The molecule has 2 nitrogen and oxygen atoms in total. The maximum absolute atomic E-state index is 3.97. The average molecular weight is 265 g/mol. The van der Waals surface area contributed by atoms with Crippen molar-refractivity contribution < 1.29 is 21.7 Å². The zero-order valence-electron chi connectivity index (χ0n) is 9.04. The van der Waals surface area contributed by atoms with E-state index in [0.717, 1.165) is 26.2 Å². The molecule has 5 heteroatoms. The third-order valence-corrected chi connectivity index (χ3v) is 0.894. The maximum Gasteiger partial charge on any atom is 2.00 e. The fourth-order valence-corrected chi connectivity index (χ4v) is 0.447. The van der Waals surface area contributed by atoms with E-state index in [4.69, 9.17) is 0 Å². The van der Waals surface area contributed by atoms with E-state index in [0.29, 0.717) is 0 Å². The second-order valence-corrected chi connectivity index (χ2v) is 1.71. The maximum atomic E-state index is 3.97. The Balaban J connectivity index is -0.0000000267. The smallest absolute Gasteiger partial charge is 0.663 e. The molecule has 0 radical (unpaired) electrons. The molecule has 0 amide bonds. The summed E-state index contributed by atoms with van der Waals surface area (Å²) in [6.45, 7) is 12.1. The van der Waals surface area contributed by atoms with E-state index in [-0.39, 0.29) is 46.5 Å². The summed E-state index contributed by atoms with van der Waals surface area (Å²) < 4.78 is 0. The Morgan fingerprint density at radius 1 is 0.615 bits per heavy atom. The van der Waals surface area contributed by atoms with Gasteiger partial charge in [-0.3, -0.25) is 0 Å². The molecule has 0 bridgehead atoms. The summed E-state index contributed by atoms with van der Waals surface area (Å²) in [5, 5.41) is 7.94. The van der Waals surface area contributed by atoms with Crippen LogP contribution in [0.5, 0.6) is 0 Å². The zero-order chi connectivity index (χ0) is 8.24. The van der Waals surface area contributed by atoms with Crippen molar-refractivity contribution in [2.24, 2.45) is 0 Å². The molecular formula is C8H22Cl2N2Ti. The molecular weight excluding hydrogens is 243 g/mol. The van der Waals surface area contributed by atoms with E-state index < -0.39 is 0 Å². The first-order valence-electron chi connectivity index (χ1n) is 4.09. The first-order chi connectivity index (χ1) is 4.83. The van der Waals surface area contributed by atoms with Gasteiger partial charge in [-0.2, -0.15) is 26.2 Å². The Labute approximate surface area is 111 Å². The second kappa shape index (κ2) is 37.9. The van der Waals surface area contributed by atoms with Crippen LogP contribution in [-0.4, -0.2) is 26.2 Å². The third-order valence-electron chi connectivity index (χ3n) is 0.894. The summed E-state index contributed by atoms with van der Waals surface area (Å²) in [5.74, 6) is 0. The Bertz CT molecular complexity index is 41.1. The predicted molar refractivity (Wildman–Crippen MR) is 63.4 cm³/mol. The standard InChI is InChI=1S/2C4H10N.2ClH.Ti/c2*1-3-5-4-2;;;/h2*3-4H2,1-2H3;2*1H;/q2*-1;;;+2. The van der Waals surface area contributed by atoms with Gasteiger partial charge in [0.25, 0.3) is 0 Å². The Morgan fingerprint density at radius 2 is 0.769 bits per heavy atom. The van der Waals surface area contributed by atoms with E-state index in [2.05, 4.69) is 10.6 Å². The van der Waals surface area contributed by atoms with Gasteiger partial charge in [0.2, 0.25) is 0 Å². The van der Waals surface area contributed by atoms with Gasteiger partial charge >= 0.3 is 21.7 Å². The van der Waals surface area contributed by atoms with E-state index in [9.17, 15) is 0 Å². The third kappa shape index (κ3) is 61.1. The molecule has 0 rings (SSSR count). The van der Waals surface area contributed by atoms with E-state index in [1.807, 2.05) is 27.7 Å². The van der Waals surface area contributed by atoms with Crippen molar-refractivity contribution >= 4 is 24.8 Å². The molecule has 0 aliphatic carbocycles. The van der Waals surface area contributed by atoms with Gasteiger partial charge in [0.15, 0.2) is 0 Å². The van der Waals surface area contributed by atoms with Crippen LogP contribution >= 0.6 is 24.8 Å². The van der Waals surface area contributed by atoms with Crippen molar-refractivity contribution in [3.8, 4) is 0 Å². The van der Waals surface area contributed by atoms with Crippen molar-refractivity contribution in [3.05, 3.63) is 10.6 Å². The first kappa shape index (κ1) is 29.2. The SMILES string of the molecule is CC[N-]CC.CC[N-]CC.Cl.Cl.[Ti+2]. The molecule has 0 aromatic heterocycles. The molecule has 0 saturated heterocycles. The molecule has 82 valence electrons. The van der Waals surface area contributed by atoms with Crippen molar-refractivity contribution in [3.63, 3.8) is 0 Å². The van der Waals surface area contributed by atoms with E-state index in [1.165, 1.54) is 0 Å². The minimum Gasteiger partial charge on any atom is -0.663 e. The minimum atomic E-state index is 0. The van der Waals surface area contributed by atoms with Crippen LogP contribution in [0.2, 0.25) is 0 Å². The fraction of sp³-hybridized carbons (Fsp3) is 1.00. The Hall–Kier alpha value is 1.21. The largest absolute Gasteiger partial charge is 2.00 e. The number of hydrogen-bond donors (Lipinski definition) is 0. The van der Waals surface area contributed by atoms with Gasteiger partial charge in [-0.15, -0.1) is 24.8 Å². The van der Waals surface area contributed by atoms with Crippen LogP contribution in [0.3, 0.4) is 0 Å². The molecule has 0 spiro atoms. The van der Waals surface area contributed by atoms with Crippen molar-refractivity contribution in [2.45, 2.75) is 27.7 Å². The minimum absolute atomic E-state index is 0. The molecule has 0 aliphatic rings. The molecule has 0 fully saturated rings. The van der Waals surface area contributed by atoms with Crippen LogP contribution in [-0.2, 0) is 21.7 Å². The van der Waals surface area contributed by atoms with Crippen LogP contribution < -0.4 is 0 Å². The van der Waals surface area contributed by atoms with Gasteiger partial charge < -0.3 is 10.6 Å². The van der Waals surface area contributed by atoms with Gasteiger partial charge in [0, 0.05) is 0 Å². The molecule has 0 saturated carbocycles. The number of halogens is 2. The Kier molecular flexibility index (Phi) is 85.2. The van der Waals surface area contributed by atoms with Gasteiger partial charge in [0.05, 0.1) is 0 Å². The van der Waals surface area contributed by atoms with Gasteiger partial charge in [0.1, 0.15) is 0 Å². The summed E-state index contributed by atoms with van der Waals surface area (Å²) in [5.41, 5.74) is 0. The van der Waals surface area contributed by atoms with E-state index in [1.54, 1.807) is 0 Å². The van der Waals surface area contributed by atoms with Crippen molar-refractivity contribution in [1.82, 2.24) is 0 Å². The van der Waals surface area contributed by atoms with Gasteiger partial charge in [-0.25, -0.2) is 0 Å². The molecule has 0 aromatic rings. The van der Waals surface area contributed by atoms with Crippen LogP contribution in [0.4, 0.5) is 0 Å². The normalized spacial score (nSPS) is 6.46. The van der Waals surface area contributed by atoms with Crippen molar-refractivity contribution in [2.75, 3.05) is 26.2 Å². The topological polar surface area (TPSA) is 28.2 Å². The summed E-state index contributed by atoms with van der Waals surface area (Å²) in [6, 6.07) is 0. The summed E-state index contributed by atoms with van der Waals surface area (Å²) in [6.07, 6.45) is 0. The van der Waals surface area contributed by atoms with Crippen LogP contribution in [0.15, 0.2) is 0 Å². The molecule has 13 heavy (non-hydrogen) atoms. The molecule has 0 aromatic carbocycles. The quantitative estimate of drug-likeness (QED) is 0.694. The monoisotopic (exact) mass is 264 g/mol. The number of rotatable bonds is 4. The van der Waals surface area contributed by atoms with Crippen LogP contribution in [0, 0.1) is 0 Å². The van der Waals surface area contributed by atoms with Gasteiger partial charge in [-0.1, -0.05) is 27.7 Å². The molecule has 0 heterocycles. The molecule has 0 aliphatic heterocycles. The molecule has 0 atom stereocenters. The van der Waals surface area contributed by atoms with Crippen LogP contribution in [0.1, 0.15) is 27.7 Å². The van der Waals surface area contributed by atoms with Gasteiger partial charge in [-0.05, 0) is 0 Å². The van der Waals surface area contributed by atoms with Crippen LogP contribution in [0.25, 0.3) is 10.6 Å². The Morgan fingerprint density at radius 3 is 0.769 bits per heavy atom. The average Bonchev–Trinajstić information content (AvgIpc) is 1.93. The summed E-state index contributed by atoms with van der Waals surface area (Å²) >= 11 is 0. The summed E-state index contributed by atoms with van der Waals surface area (Å²) in [4.78, 5) is 0.